The van der Waals surface area contributed by atoms with E-state index >= 15 is 0 Å². The second-order valence-electron chi connectivity index (χ2n) is 6.95. The molecule has 0 heterocycles. The van der Waals surface area contributed by atoms with Gasteiger partial charge in [0.05, 0.1) is 16.1 Å². The second-order valence-corrected chi connectivity index (χ2v) is 9.00. The minimum atomic E-state index is -3.91. The van der Waals surface area contributed by atoms with E-state index in [0.717, 1.165) is 16.7 Å². The van der Waals surface area contributed by atoms with Crippen LogP contribution in [-0.2, 0) is 10.0 Å². The van der Waals surface area contributed by atoms with Crippen molar-refractivity contribution in [3.63, 3.8) is 0 Å². The molecular weight excluding hydrogens is 384 g/mol. The molecule has 27 heavy (non-hydrogen) atoms. The summed E-state index contributed by atoms with van der Waals surface area (Å²) in [4.78, 5) is 14.1. The van der Waals surface area contributed by atoms with Crippen molar-refractivity contribution in [3.8, 4) is 0 Å². The van der Waals surface area contributed by atoms with Crippen molar-refractivity contribution < 1.29 is 13.2 Å². The van der Waals surface area contributed by atoms with Crippen LogP contribution < -0.4 is 4.72 Å². The van der Waals surface area contributed by atoms with Gasteiger partial charge in [0.1, 0.15) is 0 Å². The first-order chi connectivity index (χ1) is 12.4. The third kappa shape index (κ3) is 3.96. The lowest BCUT2D eigenvalue weighted by atomic mass is 9.95. The van der Waals surface area contributed by atoms with E-state index in [4.69, 9.17) is 11.6 Å². The molecule has 0 saturated carbocycles. The summed E-state index contributed by atoms with van der Waals surface area (Å²) in [7, 11) is -0.700. The number of hydrogen-bond donors (Lipinski definition) is 1. The SMILES string of the molecule is Cc1c(C)c(C)c(S(=O)(=O)Nc2cc(Cl)ccc2C(=O)N(C)C)c(C)c1C. The highest BCUT2D eigenvalue weighted by Gasteiger charge is 2.26. The quantitative estimate of drug-likeness (QED) is 0.816. The van der Waals surface area contributed by atoms with Crippen molar-refractivity contribution in [1.29, 1.82) is 0 Å². The Morgan fingerprint density at radius 1 is 0.926 bits per heavy atom. The molecular formula is C20H25ClN2O3S. The molecule has 0 aromatic heterocycles. The topological polar surface area (TPSA) is 66.5 Å². The number of halogens is 1. The highest BCUT2D eigenvalue weighted by atomic mass is 35.5. The van der Waals surface area contributed by atoms with Crippen molar-refractivity contribution in [2.24, 2.45) is 0 Å². The highest BCUT2D eigenvalue weighted by molar-refractivity contribution is 7.92. The van der Waals surface area contributed by atoms with Crippen LogP contribution in [0.15, 0.2) is 23.1 Å². The van der Waals surface area contributed by atoms with Gasteiger partial charge in [0.15, 0.2) is 0 Å². The maximum absolute atomic E-state index is 13.2. The van der Waals surface area contributed by atoms with Crippen LogP contribution in [0.4, 0.5) is 5.69 Å². The number of anilines is 1. The Balaban J connectivity index is 2.66. The Kier molecular flexibility index (Phi) is 5.92. The highest BCUT2D eigenvalue weighted by Crippen LogP contribution is 2.32. The Bertz CT molecular complexity index is 999. The largest absolute Gasteiger partial charge is 0.345 e. The fourth-order valence-electron chi connectivity index (χ4n) is 3.09. The van der Waals surface area contributed by atoms with Crippen LogP contribution in [-0.4, -0.2) is 33.3 Å². The first-order valence-electron chi connectivity index (χ1n) is 8.49. The molecule has 0 aliphatic heterocycles. The van der Waals surface area contributed by atoms with Crippen LogP contribution in [0.25, 0.3) is 0 Å². The van der Waals surface area contributed by atoms with Gasteiger partial charge in [0, 0.05) is 19.1 Å². The van der Waals surface area contributed by atoms with E-state index in [1.165, 1.54) is 17.0 Å². The maximum atomic E-state index is 13.2. The zero-order valence-electron chi connectivity index (χ0n) is 16.7. The predicted molar refractivity (Wildman–Crippen MR) is 110 cm³/mol. The van der Waals surface area contributed by atoms with Crippen LogP contribution in [0.2, 0.25) is 5.02 Å². The predicted octanol–water partition coefficient (Wildman–Crippen LogP) is 4.38. The number of carbonyl (C=O) groups excluding carboxylic acids is 1. The monoisotopic (exact) mass is 408 g/mol. The van der Waals surface area contributed by atoms with E-state index in [1.807, 2.05) is 20.8 Å². The van der Waals surface area contributed by atoms with Crippen LogP contribution in [0.3, 0.4) is 0 Å². The normalized spacial score (nSPS) is 11.4. The fraction of sp³-hybridized carbons (Fsp3) is 0.350. The molecule has 0 unspecified atom stereocenters. The van der Waals surface area contributed by atoms with Crippen molar-refractivity contribution in [2.45, 2.75) is 39.5 Å². The van der Waals surface area contributed by atoms with E-state index in [1.54, 1.807) is 34.0 Å². The zero-order valence-corrected chi connectivity index (χ0v) is 18.3. The third-order valence-electron chi connectivity index (χ3n) is 5.06. The minimum absolute atomic E-state index is 0.163. The van der Waals surface area contributed by atoms with Crippen LogP contribution in [0.5, 0.6) is 0 Å². The molecule has 1 amide bonds. The molecule has 0 spiro atoms. The lowest BCUT2D eigenvalue weighted by Gasteiger charge is -2.21. The standard InChI is InChI=1S/C20H25ClN2O3S/c1-11-12(2)14(4)19(15(5)13(11)3)27(25,26)22-18-10-16(21)8-9-17(18)20(24)23(6)7/h8-10,22H,1-7H3. The molecule has 0 fully saturated rings. The van der Waals surface area contributed by atoms with Gasteiger partial charge in [-0.15, -0.1) is 0 Å². The first kappa shape index (κ1) is 21.3. The number of amides is 1. The molecule has 5 nitrogen and oxygen atoms in total. The summed E-state index contributed by atoms with van der Waals surface area (Å²) in [5, 5.41) is 0.340. The molecule has 0 bridgehead atoms. The summed E-state index contributed by atoms with van der Waals surface area (Å²) in [6.45, 7) is 9.41. The van der Waals surface area contributed by atoms with Gasteiger partial charge in [-0.1, -0.05) is 11.6 Å². The molecule has 0 atom stereocenters. The summed E-state index contributed by atoms with van der Waals surface area (Å²) in [5.41, 5.74) is 4.76. The number of benzene rings is 2. The molecule has 0 saturated heterocycles. The Hall–Kier alpha value is -2.05. The third-order valence-corrected chi connectivity index (χ3v) is 6.94. The van der Waals surface area contributed by atoms with Gasteiger partial charge in [-0.25, -0.2) is 8.42 Å². The number of hydrogen-bond acceptors (Lipinski definition) is 3. The number of nitrogens with one attached hydrogen (secondary N) is 1. The molecule has 2 aromatic rings. The second kappa shape index (κ2) is 7.52. The molecule has 146 valence electrons. The van der Waals surface area contributed by atoms with Gasteiger partial charge >= 0.3 is 0 Å². The van der Waals surface area contributed by atoms with Gasteiger partial charge in [-0.3, -0.25) is 9.52 Å². The average Bonchev–Trinajstić information content (AvgIpc) is 2.57. The van der Waals surface area contributed by atoms with Gasteiger partial charge in [-0.2, -0.15) is 0 Å². The fourth-order valence-corrected chi connectivity index (χ4v) is 4.94. The van der Waals surface area contributed by atoms with Crippen LogP contribution >= 0.6 is 11.6 Å². The lowest BCUT2D eigenvalue weighted by molar-refractivity contribution is 0.0828. The number of rotatable bonds is 4. The maximum Gasteiger partial charge on any atom is 0.262 e. The summed E-state index contributed by atoms with van der Waals surface area (Å²) in [6, 6.07) is 4.54. The van der Waals surface area contributed by atoms with Crippen molar-refractivity contribution in [3.05, 3.63) is 56.6 Å². The van der Waals surface area contributed by atoms with E-state index in [2.05, 4.69) is 4.72 Å². The van der Waals surface area contributed by atoms with Gasteiger partial charge < -0.3 is 4.90 Å². The molecule has 0 aliphatic carbocycles. The smallest absolute Gasteiger partial charge is 0.262 e. The van der Waals surface area contributed by atoms with E-state index in [9.17, 15) is 13.2 Å². The summed E-state index contributed by atoms with van der Waals surface area (Å²) in [5.74, 6) is -0.311. The Labute approximate surface area is 166 Å². The van der Waals surface area contributed by atoms with Crippen LogP contribution in [0.1, 0.15) is 38.2 Å². The number of nitrogens with zero attached hydrogens (tertiary/aromatic N) is 1. The average molecular weight is 409 g/mol. The molecule has 0 radical (unpaired) electrons. The van der Waals surface area contributed by atoms with Crippen LogP contribution in [0, 0.1) is 34.6 Å². The zero-order chi connectivity index (χ0) is 20.7. The summed E-state index contributed by atoms with van der Waals surface area (Å²) < 4.78 is 29.0. The van der Waals surface area contributed by atoms with Gasteiger partial charge in [0.2, 0.25) is 0 Å². The summed E-state index contributed by atoms with van der Waals surface area (Å²) >= 11 is 6.05. The number of carbonyl (C=O) groups is 1. The molecule has 0 aliphatic rings. The Morgan fingerprint density at radius 2 is 1.41 bits per heavy atom. The van der Waals surface area contributed by atoms with Gasteiger partial charge in [0.25, 0.3) is 15.9 Å². The first-order valence-corrected chi connectivity index (χ1v) is 10.4. The van der Waals surface area contributed by atoms with E-state index < -0.39 is 10.0 Å². The van der Waals surface area contributed by atoms with Crippen molar-refractivity contribution >= 4 is 33.2 Å². The van der Waals surface area contributed by atoms with E-state index in [0.29, 0.717) is 16.1 Å². The van der Waals surface area contributed by atoms with Crippen molar-refractivity contribution in [1.82, 2.24) is 4.90 Å². The molecule has 7 heteroatoms. The molecule has 1 N–H and O–H groups in total. The minimum Gasteiger partial charge on any atom is -0.345 e. The lowest BCUT2D eigenvalue weighted by Crippen LogP contribution is -2.24. The summed E-state index contributed by atoms with van der Waals surface area (Å²) in [6.07, 6.45) is 0. The van der Waals surface area contributed by atoms with E-state index in [-0.39, 0.29) is 22.1 Å². The van der Waals surface area contributed by atoms with Gasteiger partial charge in [-0.05, 0) is 80.6 Å². The molecule has 2 rings (SSSR count). The Morgan fingerprint density at radius 3 is 1.89 bits per heavy atom. The molecule has 2 aromatic carbocycles. The number of sulfonamides is 1. The van der Waals surface area contributed by atoms with Crippen molar-refractivity contribution in [2.75, 3.05) is 18.8 Å².